The number of amides is 1. The van der Waals surface area contributed by atoms with Crippen molar-refractivity contribution < 1.29 is 32.6 Å². The van der Waals surface area contributed by atoms with Gasteiger partial charge < -0.3 is 14.7 Å². The second-order valence-electron chi connectivity index (χ2n) is 8.80. The van der Waals surface area contributed by atoms with Gasteiger partial charge in [0.2, 0.25) is 0 Å². The van der Waals surface area contributed by atoms with Crippen molar-refractivity contribution in [2.24, 2.45) is 0 Å². The van der Waals surface area contributed by atoms with E-state index in [2.05, 4.69) is 4.90 Å². The van der Waals surface area contributed by atoms with Crippen LogP contribution in [0.2, 0.25) is 0 Å². The average molecular weight is 493 g/mol. The maximum absolute atomic E-state index is 13.0. The third-order valence-corrected chi connectivity index (χ3v) is 6.12. The highest BCUT2D eigenvalue weighted by atomic mass is 19.4. The van der Waals surface area contributed by atoms with Crippen LogP contribution >= 0.6 is 0 Å². The summed E-state index contributed by atoms with van der Waals surface area (Å²) in [6.07, 6.45) is 0.323. The number of halogens is 3. The first-order chi connectivity index (χ1) is 16.7. The molecule has 2 aromatic rings. The Morgan fingerprint density at radius 2 is 1.63 bits per heavy atom. The number of hydrogen-bond acceptors (Lipinski definition) is 4. The third kappa shape index (κ3) is 7.53. The standard InChI is InChI=1S/C26H31F3N2O4/c1-35-18-24(32)31-14-6-4-2-3-5-13-30(16-19-7-10-22(11-8-19)26(27,28)29)17-21-15-20(25(33)34)9-12-23(21)31/h7-12,15H,2-6,13-14,16-18H2,1H3,(H,33,34). The summed E-state index contributed by atoms with van der Waals surface area (Å²) in [4.78, 5) is 28.3. The number of hydrogen-bond donors (Lipinski definition) is 1. The fourth-order valence-electron chi connectivity index (χ4n) is 4.34. The molecule has 0 bridgehead atoms. The van der Waals surface area contributed by atoms with Gasteiger partial charge in [-0.25, -0.2) is 4.79 Å². The Morgan fingerprint density at radius 1 is 0.971 bits per heavy atom. The third-order valence-electron chi connectivity index (χ3n) is 6.12. The predicted octanol–water partition coefficient (Wildman–Crippen LogP) is 5.35. The summed E-state index contributed by atoms with van der Waals surface area (Å²) in [5.74, 6) is -1.27. The zero-order valence-corrected chi connectivity index (χ0v) is 19.8. The number of alkyl halides is 3. The van der Waals surface area contributed by atoms with Crippen molar-refractivity contribution in [1.29, 1.82) is 0 Å². The molecule has 190 valence electrons. The van der Waals surface area contributed by atoms with E-state index in [1.54, 1.807) is 17.0 Å². The number of carboxylic acid groups (broad SMARTS) is 1. The van der Waals surface area contributed by atoms with Crippen molar-refractivity contribution >= 4 is 17.6 Å². The average Bonchev–Trinajstić information content (AvgIpc) is 2.80. The van der Waals surface area contributed by atoms with Gasteiger partial charge in [0.15, 0.2) is 0 Å². The lowest BCUT2D eigenvalue weighted by atomic mass is 10.0. The van der Waals surface area contributed by atoms with E-state index in [1.165, 1.54) is 25.3 Å². The van der Waals surface area contributed by atoms with Crippen LogP contribution in [0, 0.1) is 0 Å². The monoisotopic (exact) mass is 492 g/mol. The maximum atomic E-state index is 13.0. The zero-order valence-electron chi connectivity index (χ0n) is 19.8. The number of fused-ring (bicyclic) bond motifs is 1. The lowest BCUT2D eigenvalue weighted by Gasteiger charge is -2.29. The molecule has 0 fully saturated rings. The molecule has 1 amide bonds. The summed E-state index contributed by atoms with van der Waals surface area (Å²) in [6, 6.07) is 9.83. The number of aromatic carboxylic acids is 1. The number of methoxy groups -OCH3 is 1. The van der Waals surface area contributed by atoms with Gasteiger partial charge in [-0.15, -0.1) is 0 Å². The topological polar surface area (TPSA) is 70.1 Å². The molecule has 1 aliphatic heterocycles. The first-order valence-corrected chi connectivity index (χ1v) is 11.7. The Kier molecular flexibility index (Phi) is 9.28. The van der Waals surface area contributed by atoms with Gasteiger partial charge in [-0.05, 0) is 60.8 Å². The van der Waals surface area contributed by atoms with Gasteiger partial charge in [0.05, 0.1) is 11.1 Å². The van der Waals surface area contributed by atoms with Crippen LogP contribution in [0.5, 0.6) is 0 Å². The second kappa shape index (κ2) is 12.2. The van der Waals surface area contributed by atoms with Gasteiger partial charge in [-0.1, -0.05) is 31.4 Å². The van der Waals surface area contributed by atoms with Crippen molar-refractivity contribution in [3.05, 3.63) is 64.7 Å². The molecule has 2 aromatic carbocycles. The van der Waals surface area contributed by atoms with Crippen molar-refractivity contribution in [3.8, 4) is 0 Å². The minimum Gasteiger partial charge on any atom is -0.478 e. The Bertz CT molecular complexity index is 1010. The van der Waals surface area contributed by atoms with Crippen LogP contribution in [0.25, 0.3) is 0 Å². The molecule has 1 N–H and O–H groups in total. The SMILES string of the molecule is COCC(=O)N1CCCCCCCN(Cc2ccc(C(F)(F)F)cc2)Cc2cc(C(=O)O)ccc21. The summed E-state index contributed by atoms with van der Waals surface area (Å²) in [7, 11) is 1.45. The van der Waals surface area contributed by atoms with Crippen molar-refractivity contribution in [2.45, 2.75) is 51.4 Å². The second-order valence-corrected chi connectivity index (χ2v) is 8.80. The van der Waals surface area contributed by atoms with Crippen LogP contribution in [-0.2, 0) is 28.8 Å². The summed E-state index contributed by atoms with van der Waals surface area (Å²) >= 11 is 0. The molecule has 0 aromatic heterocycles. The molecular weight excluding hydrogens is 461 g/mol. The molecule has 1 aliphatic rings. The van der Waals surface area contributed by atoms with E-state index in [4.69, 9.17) is 4.74 Å². The number of benzene rings is 2. The summed E-state index contributed by atoms with van der Waals surface area (Å²) < 4.78 is 43.9. The van der Waals surface area contributed by atoms with E-state index in [0.717, 1.165) is 49.8 Å². The fourth-order valence-corrected chi connectivity index (χ4v) is 4.34. The number of carbonyl (C=O) groups is 2. The molecule has 0 atom stereocenters. The largest absolute Gasteiger partial charge is 0.478 e. The van der Waals surface area contributed by atoms with Gasteiger partial charge in [-0.3, -0.25) is 9.69 Å². The van der Waals surface area contributed by atoms with Crippen LogP contribution in [0.4, 0.5) is 18.9 Å². The van der Waals surface area contributed by atoms with Crippen LogP contribution in [0.1, 0.15) is 59.2 Å². The molecule has 0 radical (unpaired) electrons. The molecule has 35 heavy (non-hydrogen) atoms. The van der Waals surface area contributed by atoms with Gasteiger partial charge in [0, 0.05) is 32.4 Å². The molecule has 0 spiro atoms. The predicted molar refractivity (Wildman–Crippen MR) is 126 cm³/mol. The minimum atomic E-state index is -4.39. The summed E-state index contributed by atoms with van der Waals surface area (Å²) in [5.41, 5.74) is 1.47. The summed E-state index contributed by atoms with van der Waals surface area (Å²) in [6.45, 7) is 1.87. The number of nitrogens with zero attached hydrogens (tertiary/aromatic N) is 2. The fraction of sp³-hybridized carbons (Fsp3) is 0.462. The number of carbonyl (C=O) groups excluding carboxylic acids is 1. The molecule has 9 heteroatoms. The quantitative estimate of drug-likeness (QED) is 0.610. The van der Waals surface area contributed by atoms with E-state index in [0.29, 0.717) is 37.4 Å². The molecule has 0 aliphatic carbocycles. The highest BCUT2D eigenvalue weighted by molar-refractivity contribution is 5.96. The van der Waals surface area contributed by atoms with Crippen LogP contribution in [-0.4, -0.2) is 48.7 Å². The highest BCUT2D eigenvalue weighted by Gasteiger charge is 2.30. The van der Waals surface area contributed by atoms with Crippen molar-refractivity contribution in [1.82, 2.24) is 4.90 Å². The highest BCUT2D eigenvalue weighted by Crippen LogP contribution is 2.30. The smallest absolute Gasteiger partial charge is 0.416 e. The van der Waals surface area contributed by atoms with E-state index >= 15 is 0 Å². The van der Waals surface area contributed by atoms with Crippen molar-refractivity contribution in [2.75, 3.05) is 31.7 Å². The van der Waals surface area contributed by atoms with Crippen LogP contribution in [0.3, 0.4) is 0 Å². The van der Waals surface area contributed by atoms with Gasteiger partial charge >= 0.3 is 12.1 Å². The maximum Gasteiger partial charge on any atom is 0.416 e. The molecular formula is C26H31F3N2O4. The molecule has 3 rings (SSSR count). The lowest BCUT2D eigenvalue weighted by Crippen LogP contribution is -2.36. The van der Waals surface area contributed by atoms with Crippen molar-refractivity contribution in [3.63, 3.8) is 0 Å². The Labute approximate surface area is 203 Å². The Hall–Kier alpha value is -2.91. The normalized spacial score (nSPS) is 16.2. The molecule has 6 nitrogen and oxygen atoms in total. The number of rotatable bonds is 5. The molecule has 0 saturated heterocycles. The Morgan fingerprint density at radius 3 is 2.26 bits per heavy atom. The van der Waals surface area contributed by atoms with E-state index < -0.39 is 17.7 Å². The number of anilines is 1. The van der Waals surface area contributed by atoms with E-state index in [9.17, 15) is 27.9 Å². The summed E-state index contributed by atoms with van der Waals surface area (Å²) in [5, 5.41) is 9.54. The van der Waals surface area contributed by atoms with E-state index in [-0.39, 0.29) is 18.1 Å². The lowest BCUT2D eigenvalue weighted by molar-refractivity contribution is -0.137. The molecule has 0 saturated carbocycles. The van der Waals surface area contributed by atoms with Gasteiger partial charge in [0.1, 0.15) is 6.61 Å². The number of ether oxygens (including phenoxy) is 1. The number of carboxylic acids is 1. The first kappa shape index (κ1) is 26.7. The van der Waals surface area contributed by atoms with Crippen LogP contribution < -0.4 is 4.90 Å². The van der Waals surface area contributed by atoms with Gasteiger partial charge in [0.25, 0.3) is 5.91 Å². The zero-order chi connectivity index (χ0) is 25.4. The molecule has 0 unspecified atom stereocenters. The van der Waals surface area contributed by atoms with Crippen LogP contribution in [0.15, 0.2) is 42.5 Å². The first-order valence-electron chi connectivity index (χ1n) is 11.7. The Balaban J connectivity index is 1.95. The van der Waals surface area contributed by atoms with Gasteiger partial charge in [-0.2, -0.15) is 13.2 Å². The molecule has 1 heterocycles. The van der Waals surface area contributed by atoms with E-state index in [1.807, 2.05) is 0 Å². The minimum absolute atomic E-state index is 0.0879.